The predicted molar refractivity (Wildman–Crippen MR) is 76.2 cm³/mol. The third kappa shape index (κ3) is 4.47. The van der Waals surface area contributed by atoms with Crippen molar-refractivity contribution in [3.05, 3.63) is 35.4 Å². The van der Waals surface area contributed by atoms with Crippen molar-refractivity contribution < 1.29 is 22.7 Å². The lowest BCUT2D eigenvalue weighted by Gasteiger charge is -2.21. The van der Waals surface area contributed by atoms with Crippen LogP contribution in [0, 0.1) is 5.92 Å². The lowest BCUT2D eigenvalue weighted by atomic mass is 9.95. The molecule has 1 aromatic rings. The van der Waals surface area contributed by atoms with E-state index < -0.39 is 18.2 Å². The zero-order valence-electron chi connectivity index (χ0n) is 12.5. The quantitative estimate of drug-likeness (QED) is 0.867. The first kappa shape index (κ1) is 16.8. The van der Waals surface area contributed by atoms with Gasteiger partial charge in [-0.3, -0.25) is 4.79 Å². The standard InChI is InChI=1S/C16H20F3NO2/c1-2-14(16(17,18)19)22-15(21)8-11-7-12-5-3-4-6-13(12)10-20-9-11/h3-6,11,14,20H,2,7-10H2,1H3. The molecule has 2 rings (SSSR count). The Balaban J connectivity index is 1.95. The van der Waals surface area contributed by atoms with Crippen molar-refractivity contribution in [1.29, 1.82) is 0 Å². The summed E-state index contributed by atoms with van der Waals surface area (Å²) in [5.41, 5.74) is 2.30. The van der Waals surface area contributed by atoms with Crippen LogP contribution in [0.15, 0.2) is 24.3 Å². The Morgan fingerprint density at radius 3 is 2.68 bits per heavy atom. The van der Waals surface area contributed by atoms with E-state index in [-0.39, 0.29) is 18.8 Å². The normalized spacial score (nSPS) is 19.9. The van der Waals surface area contributed by atoms with E-state index in [0.717, 1.165) is 5.56 Å². The van der Waals surface area contributed by atoms with Crippen LogP contribution in [0.1, 0.15) is 30.9 Å². The summed E-state index contributed by atoms with van der Waals surface area (Å²) in [6, 6.07) is 7.88. The molecular formula is C16H20F3NO2. The Kier molecular flexibility index (Phi) is 5.45. The van der Waals surface area contributed by atoms with Crippen LogP contribution in [-0.4, -0.2) is 24.8 Å². The zero-order chi connectivity index (χ0) is 16.2. The van der Waals surface area contributed by atoms with Crippen molar-refractivity contribution in [2.45, 2.75) is 45.0 Å². The minimum Gasteiger partial charge on any atom is -0.453 e. The fourth-order valence-electron chi connectivity index (χ4n) is 2.69. The largest absolute Gasteiger partial charge is 0.453 e. The van der Waals surface area contributed by atoms with Crippen LogP contribution in [0.3, 0.4) is 0 Å². The summed E-state index contributed by atoms with van der Waals surface area (Å²) >= 11 is 0. The zero-order valence-corrected chi connectivity index (χ0v) is 12.5. The summed E-state index contributed by atoms with van der Waals surface area (Å²) in [5.74, 6) is -0.836. The molecule has 2 atom stereocenters. The van der Waals surface area contributed by atoms with Gasteiger partial charge < -0.3 is 10.1 Å². The van der Waals surface area contributed by atoms with Crippen LogP contribution >= 0.6 is 0 Å². The van der Waals surface area contributed by atoms with Gasteiger partial charge in [0.05, 0.1) is 0 Å². The Morgan fingerprint density at radius 2 is 2.05 bits per heavy atom. The van der Waals surface area contributed by atoms with E-state index in [9.17, 15) is 18.0 Å². The molecule has 0 fully saturated rings. The number of rotatable bonds is 4. The molecule has 0 saturated heterocycles. The first-order valence-corrected chi connectivity index (χ1v) is 7.43. The molecule has 0 amide bonds. The van der Waals surface area contributed by atoms with Crippen LogP contribution in [0.4, 0.5) is 13.2 Å². The highest BCUT2D eigenvalue weighted by molar-refractivity contribution is 5.70. The summed E-state index contributed by atoms with van der Waals surface area (Å²) < 4.78 is 42.5. The molecule has 122 valence electrons. The van der Waals surface area contributed by atoms with Crippen LogP contribution < -0.4 is 5.32 Å². The maximum atomic E-state index is 12.6. The highest BCUT2D eigenvalue weighted by Crippen LogP contribution is 2.26. The van der Waals surface area contributed by atoms with Crippen LogP contribution in [0.5, 0.6) is 0 Å². The van der Waals surface area contributed by atoms with Gasteiger partial charge in [-0.15, -0.1) is 0 Å². The number of esters is 1. The van der Waals surface area contributed by atoms with Crippen molar-refractivity contribution >= 4 is 5.97 Å². The Hall–Kier alpha value is -1.56. The fraction of sp³-hybridized carbons (Fsp3) is 0.562. The number of benzene rings is 1. The molecule has 1 aliphatic rings. The van der Waals surface area contributed by atoms with E-state index in [1.54, 1.807) is 0 Å². The molecule has 2 unspecified atom stereocenters. The number of fused-ring (bicyclic) bond motifs is 1. The molecule has 0 radical (unpaired) electrons. The maximum absolute atomic E-state index is 12.6. The summed E-state index contributed by atoms with van der Waals surface area (Å²) in [4.78, 5) is 11.8. The molecule has 0 aromatic heterocycles. The number of nitrogens with one attached hydrogen (secondary N) is 1. The number of carbonyl (C=O) groups excluding carboxylic acids is 1. The Labute approximate surface area is 127 Å². The van der Waals surface area contributed by atoms with Crippen molar-refractivity contribution in [2.75, 3.05) is 6.54 Å². The van der Waals surface area contributed by atoms with Gasteiger partial charge in [0.2, 0.25) is 0 Å². The first-order valence-electron chi connectivity index (χ1n) is 7.43. The Morgan fingerprint density at radius 1 is 1.36 bits per heavy atom. The van der Waals surface area contributed by atoms with Crippen LogP contribution in [-0.2, 0) is 22.5 Å². The molecule has 1 aromatic carbocycles. The highest BCUT2D eigenvalue weighted by atomic mass is 19.4. The van der Waals surface area contributed by atoms with E-state index >= 15 is 0 Å². The van der Waals surface area contributed by atoms with Crippen molar-refractivity contribution in [1.82, 2.24) is 5.32 Å². The topological polar surface area (TPSA) is 38.3 Å². The summed E-state index contributed by atoms with van der Waals surface area (Å²) in [5, 5.41) is 3.23. The molecule has 0 bridgehead atoms. The smallest absolute Gasteiger partial charge is 0.425 e. The number of hydrogen-bond donors (Lipinski definition) is 1. The van der Waals surface area contributed by atoms with Gasteiger partial charge in [0, 0.05) is 13.0 Å². The highest BCUT2D eigenvalue weighted by Gasteiger charge is 2.41. The van der Waals surface area contributed by atoms with Crippen molar-refractivity contribution in [3.8, 4) is 0 Å². The third-order valence-electron chi connectivity index (χ3n) is 3.84. The molecule has 1 N–H and O–H groups in total. The van der Waals surface area contributed by atoms with E-state index in [4.69, 9.17) is 0 Å². The minimum atomic E-state index is -4.50. The number of alkyl halides is 3. The molecule has 1 aliphatic heterocycles. The van der Waals surface area contributed by atoms with Crippen molar-refractivity contribution in [2.24, 2.45) is 5.92 Å². The van der Waals surface area contributed by atoms with E-state index in [1.807, 2.05) is 24.3 Å². The van der Waals surface area contributed by atoms with Gasteiger partial charge >= 0.3 is 12.1 Å². The van der Waals surface area contributed by atoms with E-state index in [0.29, 0.717) is 19.5 Å². The van der Waals surface area contributed by atoms with Crippen molar-refractivity contribution in [3.63, 3.8) is 0 Å². The molecule has 22 heavy (non-hydrogen) atoms. The molecule has 0 saturated carbocycles. The number of carbonyl (C=O) groups is 1. The Bertz CT molecular complexity index is 516. The fourth-order valence-corrected chi connectivity index (χ4v) is 2.69. The van der Waals surface area contributed by atoms with Gasteiger partial charge in [0.15, 0.2) is 6.10 Å². The second-order valence-corrected chi connectivity index (χ2v) is 5.60. The van der Waals surface area contributed by atoms with E-state index in [1.165, 1.54) is 12.5 Å². The molecule has 3 nitrogen and oxygen atoms in total. The monoisotopic (exact) mass is 315 g/mol. The summed E-state index contributed by atoms with van der Waals surface area (Å²) in [6.45, 7) is 2.66. The summed E-state index contributed by atoms with van der Waals surface area (Å²) in [6.07, 6.45) is -6.11. The average Bonchev–Trinajstić information content (AvgIpc) is 2.65. The molecule has 0 spiro atoms. The van der Waals surface area contributed by atoms with Crippen LogP contribution in [0.25, 0.3) is 0 Å². The van der Waals surface area contributed by atoms with E-state index in [2.05, 4.69) is 10.1 Å². The minimum absolute atomic E-state index is 0.00604. The molecule has 6 heteroatoms. The molecule has 0 aliphatic carbocycles. The number of halogens is 3. The lowest BCUT2D eigenvalue weighted by molar-refractivity contribution is -0.222. The second-order valence-electron chi connectivity index (χ2n) is 5.60. The molecular weight excluding hydrogens is 295 g/mol. The SMILES string of the molecule is CCC(OC(=O)CC1CNCc2ccccc2C1)C(F)(F)F. The van der Waals surface area contributed by atoms with Gasteiger partial charge in [-0.25, -0.2) is 0 Å². The lowest BCUT2D eigenvalue weighted by Crippen LogP contribution is -2.34. The number of ether oxygens (including phenoxy) is 1. The average molecular weight is 315 g/mol. The second kappa shape index (κ2) is 7.13. The first-order chi connectivity index (χ1) is 10.4. The van der Waals surface area contributed by atoms with Gasteiger partial charge in [0.1, 0.15) is 0 Å². The van der Waals surface area contributed by atoms with Gasteiger partial charge in [-0.2, -0.15) is 13.2 Å². The van der Waals surface area contributed by atoms with Gasteiger partial charge in [-0.05, 0) is 36.4 Å². The maximum Gasteiger partial charge on any atom is 0.425 e. The molecule has 1 heterocycles. The van der Waals surface area contributed by atoms with Gasteiger partial charge in [-0.1, -0.05) is 31.2 Å². The predicted octanol–water partition coefficient (Wildman–Crippen LogP) is 3.22. The third-order valence-corrected chi connectivity index (χ3v) is 3.84. The van der Waals surface area contributed by atoms with Gasteiger partial charge in [0.25, 0.3) is 0 Å². The summed E-state index contributed by atoms with van der Waals surface area (Å²) in [7, 11) is 0. The van der Waals surface area contributed by atoms with Crippen LogP contribution in [0.2, 0.25) is 0 Å². The number of hydrogen-bond acceptors (Lipinski definition) is 3.